The summed E-state index contributed by atoms with van der Waals surface area (Å²) in [5.74, 6) is 0.944. The Morgan fingerprint density at radius 1 is 1.48 bits per heavy atom. The molecule has 0 N–H and O–H groups in total. The molecule has 2 aromatic rings. The van der Waals surface area contributed by atoms with Crippen molar-refractivity contribution in [3.8, 4) is 0 Å². The standard InChI is InChI=1S/C17H20FN3O2/c1-12-19-16(23-20-12)7-8-17(22)21-9-3-6-15(21)11-13-4-2-5-14(18)10-13/h2,4-5,10,15H,3,6-9,11H2,1H3. The average molecular weight is 317 g/mol. The highest BCUT2D eigenvalue weighted by molar-refractivity contribution is 5.77. The second-order valence-corrected chi connectivity index (χ2v) is 5.95. The lowest BCUT2D eigenvalue weighted by molar-refractivity contribution is -0.132. The predicted octanol–water partition coefficient (Wildman–Crippen LogP) is 2.68. The van der Waals surface area contributed by atoms with Crippen molar-refractivity contribution in [2.24, 2.45) is 0 Å². The maximum absolute atomic E-state index is 13.3. The number of nitrogens with zero attached hydrogens (tertiary/aromatic N) is 3. The third-order valence-electron chi connectivity index (χ3n) is 4.18. The zero-order chi connectivity index (χ0) is 16.2. The van der Waals surface area contributed by atoms with E-state index >= 15 is 0 Å². The maximum Gasteiger partial charge on any atom is 0.227 e. The van der Waals surface area contributed by atoms with E-state index in [4.69, 9.17) is 4.52 Å². The first-order valence-electron chi connectivity index (χ1n) is 7.95. The molecular formula is C17H20FN3O2. The van der Waals surface area contributed by atoms with Crippen LogP contribution in [0.5, 0.6) is 0 Å². The lowest BCUT2D eigenvalue weighted by atomic mass is 10.0. The van der Waals surface area contributed by atoms with Gasteiger partial charge in [-0.05, 0) is 43.9 Å². The Kier molecular flexibility index (Phi) is 4.69. The Labute approximate surface area is 134 Å². The van der Waals surface area contributed by atoms with Gasteiger partial charge in [0.15, 0.2) is 5.82 Å². The fourth-order valence-electron chi connectivity index (χ4n) is 3.11. The van der Waals surface area contributed by atoms with Crippen molar-refractivity contribution in [3.63, 3.8) is 0 Å². The number of benzene rings is 1. The van der Waals surface area contributed by atoms with Crippen LogP contribution in [0.3, 0.4) is 0 Å². The van der Waals surface area contributed by atoms with E-state index in [0.29, 0.717) is 31.0 Å². The lowest BCUT2D eigenvalue weighted by Crippen LogP contribution is -2.37. The van der Waals surface area contributed by atoms with Crippen LogP contribution < -0.4 is 0 Å². The summed E-state index contributed by atoms with van der Waals surface area (Å²) in [5.41, 5.74) is 0.933. The molecule has 1 aromatic carbocycles. The van der Waals surface area contributed by atoms with Crippen LogP contribution in [0.15, 0.2) is 28.8 Å². The van der Waals surface area contributed by atoms with Crippen molar-refractivity contribution >= 4 is 5.91 Å². The first kappa shape index (κ1) is 15.6. The van der Waals surface area contributed by atoms with E-state index in [1.807, 2.05) is 11.0 Å². The number of carbonyl (C=O) groups excluding carboxylic acids is 1. The fraction of sp³-hybridized carbons (Fsp3) is 0.471. The monoisotopic (exact) mass is 317 g/mol. The van der Waals surface area contributed by atoms with Gasteiger partial charge in [-0.15, -0.1) is 0 Å². The molecule has 122 valence electrons. The zero-order valence-corrected chi connectivity index (χ0v) is 13.2. The summed E-state index contributed by atoms with van der Waals surface area (Å²) >= 11 is 0. The minimum Gasteiger partial charge on any atom is -0.339 e. The van der Waals surface area contributed by atoms with Crippen LogP contribution in [0.4, 0.5) is 4.39 Å². The van der Waals surface area contributed by atoms with Crippen molar-refractivity contribution in [1.82, 2.24) is 15.0 Å². The Balaban J connectivity index is 1.58. The molecular weight excluding hydrogens is 297 g/mol. The predicted molar refractivity (Wildman–Crippen MR) is 82.2 cm³/mol. The van der Waals surface area contributed by atoms with Gasteiger partial charge in [0.25, 0.3) is 0 Å². The zero-order valence-electron chi connectivity index (χ0n) is 13.2. The molecule has 0 bridgehead atoms. The molecule has 1 aliphatic rings. The van der Waals surface area contributed by atoms with Crippen LogP contribution in [-0.2, 0) is 17.6 Å². The van der Waals surface area contributed by atoms with Gasteiger partial charge in [-0.3, -0.25) is 4.79 Å². The smallest absolute Gasteiger partial charge is 0.227 e. The molecule has 23 heavy (non-hydrogen) atoms. The van der Waals surface area contributed by atoms with Gasteiger partial charge in [0.2, 0.25) is 11.8 Å². The van der Waals surface area contributed by atoms with Crippen molar-refractivity contribution in [2.45, 2.75) is 45.1 Å². The van der Waals surface area contributed by atoms with Gasteiger partial charge in [0.05, 0.1) is 0 Å². The van der Waals surface area contributed by atoms with E-state index in [9.17, 15) is 9.18 Å². The molecule has 1 aromatic heterocycles. The Hall–Kier alpha value is -2.24. The molecule has 1 fully saturated rings. The normalized spacial score (nSPS) is 17.7. The van der Waals surface area contributed by atoms with Gasteiger partial charge in [-0.25, -0.2) is 4.39 Å². The Morgan fingerprint density at radius 3 is 3.09 bits per heavy atom. The van der Waals surface area contributed by atoms with Crippen molar-refractivity contribution < 1.29 is 13.7 Å². The van der Waals surface area contributed by atoms with E-state index in [2.05, 4.69) is 10.1 Å². The average Bonchev–Trinajstić information content (AvgIpc) is 3.14. The number of amides is 1. The van der Waals surface area contributed by atoms with E-state index in [1.54, 1.807) is 19.1 Å². The van der Waals surface area contributed by atoms with Crippen molar-refractivity contribution in [3.05, 3.63) is 47.4 Å². The number of halogens is 1. The van der Waals surface area contributed by atoms with E-state index in [-0.39, 0.29) is 17.8 Å². The summed E-state index contributed by atoms with van der Waals surface area (Å²) in [4.78, 5) is 18.5. The molecule has 0 saturated carbocycles. The summed E-state index contributed by atoms with van der Waals surface area (Å²) < 4.78 is 18.3. The largest absolute Gasteiger partial charge is 0.339 e. The Morgan fingerprint density at radius 2 is 2.35 bits per heavy atom. The summed E-state index contributed by atoms with van der Waals surface area (Å²) in [7, 11) is 0. The van der Waals surface area contributed by atoms with Gasteiger partial charge >= 0.3 is 0 Å². The molecule has 1 unspecified atom stereocenters. The maximum atomic E-state index is 13.3. The number of aryl methyl sites for hydroxylation is 2. The van der Waals surface area contributed by atoms with Gasteiger partial charge in [-0.2, -0.15) is 4.98 Å². The summed E-state index contributed by atoms with van der Waals surface area (Å²) in [6, 6.07) is 6.75. The molecule has 2 heterocycles. The number of aromatic nitrogens is 2. The van der Waals surface area contributed by atoms with Gasteiger partial charge in [0, 0.05) is 25.4 Å². The number of hydrogen-bond acceptors (Lipinski definition) is 4. The highest BCUT2D eigenvalue weighted by atomic mass is 19.1. The highest BCUT2D eigenvalue weighted by Gasteiger charge is 2.28. The molecule has 3 rings (SSSR count). The highest BCUT2D eigenvalue weighted by Crippen LogP contribution is 2.22. The minimum absolute atomic E-state index is 0.0970. The SMILES string of the molecule is Cc1noc(CCC(=O)N2CCCC2Cc2cccc(F)c2)n1. The van der Waals surface area contributed by atoms with Gasteiger partial charge < -0.3 is 9.42 Å². The van der Waals surface area contributed by atoms with Crippen LogP contribution in [0.2, 0.25) is 0 Å². The minimum atomic E-state index is -0.231. The third kappa shape index (κ3) is 3.94. The van der Waals surface area contributed by atoms with Gasteiger partial charge in [-0.1, -0.05) is 17.3 Å². The van der Waals surface area contributed by atoms with Crippen LogP contribution in [0.25, 0.3) is 0 Å². The van der Waals surface area contributed by atoms with Crippen molar-refractivity contribution in [1.29, 1.82) is 0 Å². The third-order valence-corrected chi connectivity index (χ3v) is 4.18. The number of rotatable bonds is 5. The fourth-order valence-corrected chi connectivity index (χ4v) is 3.11. The van der Waals surface area contributed by atoms with E-state index in [0.717, 1.165) is 24.9 Å². The summed E-state index contributed by atoms with van der Waals surface area (Å²) in [6.07, 6.45) is 3.47. The molecule has 1 amide bonds. The summed E-state index contributed by atoms with van der Waals surface area (Å²) in [5, 5.41) is 3.72. The van der Waals surface area contributed by atoms with Crippen molar-refractivity contribution in [2.75, 3.05) is 6.54 Å². The quantitative estimate of drug-likeness (QED) is 0.851. The molecule has 1 saturated heterocycles. The van der Waals surface area contributed by atoms with Crippen LogP contribution in [0, 0.1) is 12.7 Å². The number of likely N-dealkylation sites (tertiary alicyclic amines) is 1. The Bertz CT molecular complexity index is 686. The molecule has 5 nitrogen and oxygen atoms in total. The van der Waals surface area contributed by atoms with Crippen LogP contribution in [-0.4, -0.2) is 33.5 Å². The van der Waals surface area contributed by atoms with Gasteiger partial charge in [0.1, 0.15) is 5.82 Å². The first-order valence-corrected chi connectivity index (χ1v) is 7.95. The molecule has 1 atom stereocenters. The molecule has 0 spiro atoms. The molecule has 1 aliphatic heterocycles. The second kappa shape index (κ2) is 6.89. The lowest BCUT2D eigenvalue weighted by Gasteiger charge is -2.24. The molecule has 0 aliphatic carbocycles. The van der Waals surface area contributed by atoms with E-state index < -0.39 is 0 Å². The molecule has 0 radical (unpaired) electrons. The van der Waals surface area contributed by atoms with E-state index in [1.165, 1.54) is 6.07 Å². The summed E-state index contributed by atoms with van der Waals surface area (Å²) in [6.45, 7) is 2.52. The number of carbonyl (C=O) groups is 1. The van der Waals surface area contributed by atoms with Crippen LogP contribution in [0.1, 0.15) is 36.5 Å². The first-order chi connectivity index (χ1) is 11.1. The van der Waals surface area contributed by atoms with Crippen LogP contribution >= 0.6 is 0 Å². The number of hydrogen-bond donors (Lipinski definition) is 0. The molecule has 6 heteroatoms. The second-order valence-electron chi connectivity index (χ2n) is 5.95. The topological polar surface area (TPSA) is 59.2 Å².